The van der Waals surface area contributed by atoms with E-state index in [1.54, 1.807) is 32.2 Å². The number of methoxy groups -OCH3 is 1. The molecule has 0 aliphatic carbocycles. The quantitative estimate of drug-likeness (QED) is 0.536. The number of carbonyl (C=O) groups excluding carboxylic acids is 1. The van der Waals surface area contributed by atoms with Crippen molar-refractivity contribution in [3.8, 4) is 17.2 Å². The fourth-order valence-corrected chi connectivity index (χ4v) is 4.65. The summed E-state index contributed by atoms with van der Waals surface area (Å²) in [6, 6.07) is 14.0. The average molecular weight is 472 g/mol. The van der Waals surface area contributed by atoms with Gasteiger partial charge < -0.3 is 19.4 Å². The molecule has 0 radical (unpaired) electrons. The Hall–Kier alpha value is -3.30. The monoisotopic (exact) mass is 471 g/mol. The van der Waals surface area contributed by atoms with Crippen molar-refractivity contribution in [2.45, 2.75) is 25.7 Å². The molecule has 0 bridgehead atoms. The van der Waals surface area contributed by atoms with Gasteiger partial charge in [0.2, 0.25) is 10.0 Å². The summed E-state index contributed by atoms with van der Waals surface area (Å²) in [6.45, 7) is 5.88. The van der Waals surface area contributed by atoms with Crippen molar-refractivity contribution in [3.63, 3.8) is 0 Å². The molecule has 0 aliphatic heterocycles. The van der Waals surface area contributed by atoms with Crippen LogP contribution in [0.25, 0.3) is 5.69 Å². The fourth-order valence-electron chi connectivity index (χ4n) is 3.60. The lowest BCUT2D eigenvalue weighted by molar-refractivity contribution is 0.102. The van der Waals surface area contributed by atoms with E-state index in [1.165, 1.54) is 20.2 Å². The highest BCUT2D eigenvalue weighted by atomic mass is 32.2. The van der Waals surface area contributed by atoms with Crippen LogP contribution in [0.4, 0.5) is 5.69 Å². The maximum atomic E-state index is 13.1. The van der Waals surface area contributed by atoms with Gasteiger partial charge in [0, 0.05) is 42.9 Å². The van der Waals surface area contributed by atoms with E-state index in [1.807, 2.05) is 42.7 Å². The summed E-state index contributed by atoms with van der Waals surface area (Å²) >= 11 is 0. The second-order valence-corrected chi connectivity index (χ2v) is 9.78. The summed E-state index contributed by atoms with van der Waals surface area (Å²) in [5.41, 5.74) is 3.36. The summed E-state index contributed by atoms with van der Waals surface area (Å²) < 4.78 is 39.4. The van der Waals surface area contributed by atoms with Crippen molar-refractivity contribution in [2.75, 3.05) is 33.1 Å². The SMILES string of the molecule is CCOc1ccc(NC(=O)c2cc(C)n(-c3cccc(OC)c3)c2C)cc1S(=O)(=O)N(C)C. The lowest BCUT2D eigenvalue weighted by Gasteiger charge is -2.16. The van der Waals surface area contributed by atoms with Crippen molar-refractivity contribution >= 4 is 21.6 Å². The van der Waals surface area contributed by atoms with E-state index in [0.29, 0.717) is 17.9 Å². The second-order valence-electron chi connectivity index (χ2n) is 7.66. The Bertz CT molecular complexity index is 1280. The first kappa shape index (κ1) is 24.3. The van der Waals surface area contributed by atoms with Crippen LogP contribution in [0.15, 0.2) is 53.4 Å². The lowest BCUT2D eigenvalue weighted by atomic mass is 10.2. The predicted octanol–water partition coefficient (Wildman–Crippen LogP) is 4.00. The van der Waals surface area contributed by atoms with Gasteiger partial charge in [-0.05, 0) is 57.2 Å². The number of hydrogen-bond donors (Lipinski definition) is 1. The first-order chi connectivity index (χ1) is 15.6. The van der Waals surface area contributed by atoms with Gasteiger partial charge in [-0.2, -0.15) is 0 Å². The van der Waals surface area contributed by atoms with Crippen LogP contribution in [0.2, 0.25) is 0 Å². The molecule has 0 saturated heterocycles. The summed E-state index contributed by atoms with van der Waals surface area (Å²) in [4.78, 5) is 13.1. The van der Waals surface area contributed by atoms with Crippen LogP contribution >= 0.6 is 0 Å². The number of aromatic nitrogens is 1. The van der Waals surface area contributed by atoms with E-state index in [-0.39, 0.29) is 16.6 Å². The molecule has 0 atom stereocenters. The van der Waals surface area contributed by atoms with Crippen molar-refractivity contribution < 1.29 is 22.7 Å². The molecule has 0 saturated carbocycles. The normalized spacial score (nSPS) is 11.5. The molecule has 3 aromatic rings. The highest BCUT2D eigenvalue weighted by Crippen LogP contribution is 2.30. The van der Waals surface area contributed by atoms with Gasteiger partial charge in [-0.3, -0.25) is 4.79 Å². The van der Waals surface area contributed by atoms with Crippen LogP contribution in [-0.4, -0.2) is 51.0 Å². The second kappa shape index (κ2) is 9.68. The molecular weight excluding hydrogens is 442 g/mol. The van der Waals surface area contributed by atoms with E-state index in [0.717, 1.165) is 27.1 Å². The van der Waals surface area contributed by atoms with Gasteiger partial charge in [0.15, 0.2) is 0 Å². The maximum Gasteiger partial charge on any atom is 0.257 e. The van der Waals surface area contributed by atoms with E-state index >= 15 is 0 Å². The summed E-state index contributed by atoms with van der Waals surface area (Å²) in [5, 5.41) is 2.82. The van der Waals surface area contributed by atoms with Gasteiger partial charge in [-0.25, -0.2) is 12.7 Å². The minimum atomic E-state index is -3.77. The topological polar surface area (TPSA) is 89.9 Å². The van der Waals surface area contributed by atoms with Gasteiger partial charge in [-0.1, -0.05) is 6.07 Å². The molecule has 176 valence electrons. The average Bonchev–Trinajstić information content (AvgIpc) is 3.08. The lowest BCUT2D eigenvalue weighted by Crippen LogP contribution is -2.23. The first-order valence-corrected chi connectivity index (χ1v) is 11.9. The third kappa shape index (κ3) is 4.89. The highest BCUT2D eigenvalue weighted by Gasteiger charge is 2.24. The highest BCUT2D eigenvalue weighted by molar-refractivity contribution is 7.89. The molecule has 1 amide bonds. The molecular formula is C24H29N3O5S. The Kier molecular flexibility index (Phi) is 7.14. The van der Waals surface area contributed by atoms with Crippen LogP contribution < -0.4 is 14.8 Å². The molecule has 33 heavy (non-hydrogen) atoms. The maximum absolute atomic E-state index is 13.1. The summed E-state index contributed by atoms with van der Waals surface area (Å²) in [7, 11) is 0.737. The van der Waals surface area contributed by atoms with E-state index in [4.69, 9.17) is 9.47 Å². The first-order valence-electron chi connectivity index (χ1n) is 10.4. The largest absolute Gasteiger partial charge is 0.497 e. The number of hydrogen-bond acceptors (Lipinski definition) is 5. The van der Waals surface area contributed by atoms with Crippen molar-refractivity contribution in [1.82, 2.24) is 8.87 Å². The van der Waals surface area contributed by atoms with Crippen molar-refractivity contribution in [2.24, 2.45) is 0 Å². The Morgan fingerprint density at radius 3 is 2.45 bits per heavy atom. The Labute approximate surface area is 194 Å². The predicted molar refractivity (Wildman–Crippen MR) is 128 cm³/mol. The molecule has 0 fully saturated rings. The number of ether oxygens (including phenoxy) is 2. The molecule has 9 heteroatoms. The molecule has 3 rings (SSSR count). The number of amides is 1. The number of rotatable bonds is 8. The smallest absolute Gasteiger partial charge is 0.257 e. The third-order valence-electron chi connectivity index (χ3n) is 5.25. The van der Waals surface area contributed by atoms with Gasteiger partial charge >= 0.3 is 0 Å². The van der Waals surface area contributed by atoms with E-state index in [9.17, 15) is 13.2 Å². The minimum Gasteiger partial charge on any atom is -0.497 e. The number of benzene rings is 2. The summed E-state index contributed by atoms with van der Waals surface area (Å²) in [6.07, 6.45) is 0. The molecule has 1 heterocycles. The van der Waals surface area contributed by atoms with E-state index < -0.39 is 10.0 Å². The molecule has 2 aromatic carbocycles. The fraction of sp³-hybridized carbons (Fsp3) is 0.292. The zero-order chi connectivity index (χ0) is 24.3. The van der Waals surface area contributed by atoms with Crippen molar-refractivity contribution in [3.05, 3.63) is 65.5 Å². The van der Waals surface area contributed by atoms with Crippen LogP contribution in [0, 0.1) is 13.8 Å². The number of carbonyl (C=O) groups is 1. The van der Waals surface area contributed by atoms with Gasteiger partial charge in [0.05, 0.1) is 19.3 Å². The van der Waals surface area contributed by atoms with Crippen LogP contribution in [0.3, 0.4) is 0 Å². The minimum absolute atomic E-state index is 0.00555. The number of sulfonamides is 1. The molecule has 0 aliphatic rings. The number of nitrogens with zero attached hydrogens (tertiary/aromatic N) is 2. The van der Waals surface area contributed by atoms with Gasteiger partial charge in [0.25, 0.3) is 5.91 Å². The summed E-state index contributed by atoms with van der Waals surface area (Å²) in [5.74, 6) is 0.616. The Balaban J connectivity index is 1.97. The zero-order valence-electron chi connectivity index (χ0n) is 19.7. The number of nitrogens with one attached hydrogen (secondary N) is 1. The molecule has 8 nitrogen and oxygen atoms in total. The van der Waals surface area contributed by atoms with Crippen molar-refractivity contribution in [1.29, 1.82) is 0 Å². The standard InChI is InChI=1S/C24H29N3O5S/c1-7-32-22-12-11-18(14-23(22)33(29,30)26(4)5)25-24(28)21-13-16(2)27(17(21)3)19-9-8-10-20(15-19)31-6/h8-15H,7H2,1-6H3,(H,25,28). The van der Waals surface area contributed by atoms with Gasteiger partial charge in [0.1, 0.15) is 16.4 Å². The molecule has 0 spiro atoms. The van der Waals surface area contributed by atoms with Gasteiger partial charge in [-0.15, -0.1) is 0 Å². The Morgan fingerprint density at radius 1 is 1.09 bits per heavy atom. The van der Waals surface area contributed by atoms with Crippen LogP contribution in [0.5, 0.6) is 11.5 Å². The molecule has 1 N–H and O–H groups in total. The molecule has 1 aromatic heterocycles. The Morgan fingerprint density at radius 2 is 1.82 bits per heavy atom. The number of anilines is 1. The van der Waals surface area contributed by atoms with E-state index in [2.05, 4.69) is 5.32 Å². The number of aryl methyl sites for hydroxylation is 1. The molecule has 0 unspecified atom stereocenters. The van der Waals surface area contributed by atoms with Crippen LogP contribution in [0.1, 0.15) is 28.7 Å². The zero-order valence-corrected chi connectivity index (χ0v) is 20.5. The third-order valence-corrected chi connectivity index (χ3v) is 7.08. The van der Waals surface area contributed by atoms with Crippen LogP contribution in [-0.2, 0) is 10.0 Å².